The van der Waals surface area contributed by atoms with Crippen molar-refractivity contribution in [1.82, 2.24) is 18.9 Å². The standard InChI is InChI=1S/C17H17N5O5S2/c1-10-11(2)18-17-21(16(10)23)19-15(28-17)13-7-5-9-20(13)29(26,27)14-8-4-3-6-12(14)22(24)25/h3-4,6,8,13H,5,7,9H2,1-2H3. The van der Waals surface area contributed by atoms with Crippen LogP contribution in [-0.4, -0.2) is 38.8 Å². The third-order valence-electron chi connectivity index (χ3n) is 5.03. The number of para-hydroxylation sites is 1. The van der Waals surface area contributed by atoms with Crippen molar-refractivity contribution < 1.29 is 13.3 Å². The highest BCUT2D eigenvalue weighted by molar-refractivity contribution is 7.89. The number of aryl methyl sites for hydroxylation is 1. The average molecular weight is 435 g/mol. The fraction of sp³-hybridized carbons (Fsp3) is 0.353. The molecular formula is C17H17N5O5S2. The molecule has 0 spiro atoms. The summed E-state index contributed by atoms with van der Waals surface area (Å²) in [6, 6.07) is 4.68. The summed E-state index contributed by atoms with van der Waals surface area (Å²) in [7, 11) is -4.13. The van der Waals surface area contributed by atoms with Crippen LogP contribution in [0.4, 0.5) is 5.69 Å². The van der Waals surface area contributed by atoms with Gasteiger partial charge in [-0.05, 0) is 32.8 Å². The van der Waals surface area contributed by atoms with Crippen LogP contribution in [0.2, 0.25) is 0 Å². The molecule has 4 rings (SSSR count). The number of hydrogen-bond donors (Lipinski definition) is 0. The Morgan fingerprint density at radius 2 is 2.00 bits per heavy atom. The van der Waals surface area contributed by atoms with Crippen LogP contribution >= 0.6 is 11.3 Å². The Morgan fingerprint density at radius 3 is 2.72 bits per heavy atom. The summed E-state index contributed by atoms with van der Waals surface area (Å²) in [6.45, 7) is 3.61. The van der Waals surface area contributed by atoms with Gasteiger partial charge in [0.25, 0.3) is 21.3 Å². The highest BCUT2D eigenvalue weighted by atomic mass is 32.2. The lowest BCUT2D eigenvalue weighted by atomic mass is 10.2. The summed E-state index contributed by atoms with van der Waals surface area (Å²) in [5.41, 5.74) is 0.323. The number of fused-ring (bicyclic) bond motifs is 1. The Kier molecular flexibility index (Phi) is 4.71. The number of benzene rings is 1. The second-order valence-electron chi connectivity index (χ2n) is 6.76. The molecular weight excluding hydrogens is 418 g/mol. The summed E-state index contributed by atoms with van der Waals surface area (Å²) >= 11 is 1.16. The monoisotopic (exact) mass is 435 g/mol. The van der Waals surface area contributed by atoms with E-state index < -0.39 is 26.7 Å². The van der Waals surface area contributed by atoms with Crippen LogP contribution in [0.5, 0.6) is 0 Å². The molecule has 1 atom stereocenters. The van der Waals surface area contributed by atoms with Crippen molar-refractivity contribution in [1.29, 1.82) is 0 Å². The minimum Gasteiger partial charge on any atom is -0.267 e. The lowest BCUT2D eigenvalue weighted by Crippen LogP contribution is -2.31. The molecule has 2 aromatic heterocycles. The lowest BCUT2D eigenvalue weighted by Gasteiger charge is -2.22. The quantitative estimate of drug-likeness (QED) is 0.454. The molecule has 152 valence electrons. The van der Waals surface area contributed by atoms with Gasteiger partial charge in [0.15, 0.2) is 4.90 Å². The Morgan fingerprint density at radius 1 is 1.28 bits per heavy atom. The molecule has 1 aromatic carbocycles. The first-order valence-electron chi connectivity index (χ1n) is 8.84. The first-order chi connectivity index (χ1) is 13.7. The van der Waals surface area contributed by atoms with Crippen molar-refractivity contribution >= 4 is 32.0 Å². The van der Waals surface area contributed by atoms with Crippen LogP contribution in [0.3, 0.4) is 0 Å². The van der Waals surface area contributed by atoms with Gasteiger partial charge in [0.2, 0.25) is 4.96 Å². The number of hydrogen-bond acceptors (Lipinski definition) is 8. The van der Waals surface area contributed by atoms with E-state index in [1.165, 1.54) is 33.1 Å². The molecule has 0 bridgehead atoms. The van der Waals surface area contributed by atoms with Gasteiger partial charge >= 0.3 is 0 Å². The number of rotatable bonds is 4. The predicted octanol–water partition coefficient (Wildman–Crippen LogP) is 2.20. The average Bonchev–Trinajstić information content (AvgIpc) is 3.33. The zero-order chi connectivity index (χ0) is 20.9. The number of aromatic nitrogens is 3. The number of nitro groups is 1. The third kappa shape index (κ3) is 3.12. The maximum absolute atomic E-state index is 13.2. The van der Waals surface area contributed by atoms with E-state index in [9.17, 15) is 23.3 Å². The highest BCUT2D eigenvalue weighted by Crippen LogP contribution is 2.39. The normalized spacial score (nSPS) is 17.8. The molecule has 3 aromatic rings. The van der Waals surface area contributed by atoms with Crippen LogP contribution in [0.15, 0.2) is 34.0 Å². The van der Waals surface area contributed by atoms with E-state index in [0.717, 1.165) is 11.3 Å². The van der Waals surface area contributed by atoms with E-state index in [2.05, 4.69) is 10.1 Å². The molecule has 0 aliphatic carbocycles. The molecule has 12 heteroatoms. The van der Waals surface area contributed by atoms with Crippen LogP contribution < -0.4 is 5.56 Å². The van der Waals surface area contributed by atoms with Gasteiger partial charge in [-0.1, -0.05) is 23.5 Å². The Bertz CT molecular complexity index is 1300. The van der Waals surface area contributed by atoms with E-state index in [1.807, 2.05) is 0 Å². The van der Waals surface area contributed by atoms with Crippen LogP contribution in [0.1, 0.15) is 35.1 Å². The molecule has 0 amide bonds. The molecule has 1 unspecified atom stereocenters. The Balaban J connectivity index is 1.81. The summed E-state index contributed by atoms with van der Waals surface area (Å²) in [5, 5.41) is 16.1. The first-order valence-corrected chi connectivity index (χ1v) is 11.1. The molecule has 1 saturated heterocycles. The minimum atomic E-state index is -4.13. The van der Waals surface area contributed by atoms with Crippen LogP contribution in [0, 0.1) is 24.0 Å². The van der Waals surface area contributed by atoms with Gasteiger partial charge in [-0.25, -0.2) is 13.4 Å². The van der Waals surface area contributed by atoms with Crippen molar-refractivity contribution in [2.45, 2.75) is 37.6 Å². The molecule has 0 radical (unpaired) electrons. The highest BCUT2D eigenvalue weighted by Gasteiger charge is 2.41. The van der Waals surface area contributed by atoms with Gasteiger partial charge in [-0.3, -0.25) is 14.9 Å². The van der Waals surface area contributed by atoms with Crippen LogP contribution in [0.25, 0.3) is 4.96 Å². The second-order valence-corrected chi connectivity index (χ2v) is 9.61. The summed E-state index contributed by atoms with van der Waals surface area (Å²) in [4.78, 5) is 27.5. The van der Waals surface area contributed by atoms with E-state index in [0.29, 0.717) is 34.1 Å². The number of sulfonamides is 1. The first kappa shape index (κ1) is 19.6. The Hall–Kier alpha value is -2.70. The van der Waals surface area contributed by atoms with E-state index in [4.69, 9.17) is 0 Å². The van der Waals surface area contributed by atoms with Gasteiger partial charge in [0.05, 0.1) is 11.0 Å². The van der Waals surface area contributed by atoms with Crippen molar-refractivity contribution in [2.24, 2.45) is 0 Å². The third-order valence-corrected chi connectivity index (χ3v) is 8.00. The van der Waals surface area contributed by atoms with E-state index in [1.54, 1.807) is 13.8 Å². The van der Waals surface area contributed by atoms with E-state index in [-0.39, 0.29) is 17.0 Å². The smallest absolute Gasteiger partial charge is 0.267 e. The lowest BCUT2D eigenvalue weighted by molar-refractivity contribution is -0.387. The fourth-order valence-electron chi connectivity index (χ4n) is 3.40. The van der Waals surface area contributed by atoms with Crippen LogP contribution in [-0.2, 0) is 10.0 Å². The fourth-order valence-corrected chi connectivity index (χ4v) is 6.37. The topological polar surface area (TPSA) is 128 Å². The number of nitrogens with zero attached hydrogens (tertiary/aromatic N) is 5. The van der Waals surface area contributed by atoms with Crippen molar-refractivity contribution in [3.05, 3.63) is 61.0 Å². The van der Waals surface area contributed by atoms with Gasteiger partial charge < -0.3 is 0 Å². The zero-order valence-electron chi connectivity index (χ0n) is 15.6. The summed E-state index contributed by atoms with van der Waals surface area (Å²) in [5.74, 6) is 0. The maximum Gasteiger partial charge on any atom is 0.289 e. The molecule has 0 N–H and O–H groups in total. The molecule has 0 saturated carbocycles. The maximum atomic E-state index is 13.2. The predicted molar refractivity (Wildman–Crippen MR) is 106 cm³/mol. The summed E-state index contributed by atoms with van der Waals surface area (Å²) in [6.07, 6.45) is 1.09. The SMILES string of the molecule is Cc1nc2sc(C3CCCN3S(=O)(=O)c3ccccc3[N+](=O)[O-])nn2c(=O)c1C. The molecule has 1 aliphatic heterocycles. The van der Waals surface area contributed by atoms with Crippen molar-refractivity contribution in [2.75, 3.05) is 6.54 Å². The Labute approximate surface area is 169 Å². The zero-order valence-corrected chi connectivity index (χ0v) is 17.2. The second kappa shape index (κ2) is 6.97. The van der Waals surface area contributed by atoms with Gasteiger partial charge in [0, 0.05) is 23.9 Å². The van der Waals surface area contributed by atoms with Gasteiger partial charge in [-0.2, -0.15) is 13.9 Å². The number of nitro benzene ring substituents is 1. The molecule has 10 nitrogen and oxygen atoms in total. The molecule has 1 aliphatic rings. The summed E-state index contributed by atoms with van der Waals surface area (Å²) < 4.78 is 28.9. The van der Waals surface area contributed by atoms with Gasteiger partial charge in [0.1, 0.15) is 5.01 Å². The molecule has 3 heterocycles. The molecule has 29 heavy (non-hydrogen) atoms. The van der Waals surface area contributed by atoms with Crippen molar-refractivity contribution in [3.63, 3.8) is 0 Å². The van der Waals surface area contributed by atoms with Crippen molar-refractivity contribution in [3.8, 4) is 0 Å². The minimum absolute atomic E-state index is 0.218. The van der Waals surface area contributed by atoms with E-state index >= 15 is 0 Å². The molecule has 1 fully saturated rings. The largest absolute Gasteiger partial charge is 0.289 e. The van der Waals surface area contributed by atoms with Gasteiger partial charge in [-0.15, -0.1) is 0 Å².